The molecule has 1 N–H and O–H groups in total. The molecule has 0 aromatic heterocycles. The summed E-state index contributed by atoms with van der Waals surface area (Å²) in [6.45, 7) is 2.30. The summed E-state index contributed by atoms with van der Waals surface area (Å²) >= 11 is 6.14. The Morgan fingerprint density at radius 1 is 1.25 bits per heavy atom. The van der Waals surface area contributed by atoms with E-state index in [0.29, 0.717) is 39.8 Å². The van der Waals surface area contributed by atoms with Gasteiger partial charge in [0.05, 0.1) is 12.2 Å². The lowest BCUT2D eigenvalue weighted by Crippen LogP contribution is -2.12. The number of aryl methyl sites for hydroxylation is 1. The topological polar surface area (TPSA) is 65.0 Å². The highest BCUT2D eigenvalue weighted by molar-refractivity contribution is 6.31. The molecule has 122 valence electrons. The fourth-order valence-corrected chi connectivity index (χ4v) is 3.20. The molecule has 0 radical (unpaired) electrons. The van der Waals surface area contributed by atoms with Crippen LogP contribution in [0.15, 0.2) is 30.0 Å². The Balaban J connectivity index is 1.80. The van der Waals surface area contributed by atoms with E-state index in [1.54, 1.807) is 25.1 Å². The molecule has 4 rings (SSSR count). The third kappa shape index (κ3) is 2.42. The van der Waals surface area contributed by atoms with E-state index in [0.717, 1.165) is 5.56 Å². The minimum atomic E-state index is -0.233. The van der Waals surface area contributed by atoms with Gasteiger partial charge in [-0.25, -0.2) is 0 Å². The fraction of sp³-hybridized carbons (Fsp3) is 0.167. The molecular weight excluding hydrogens is 332 g/mol. The van der Waals surface area contributed by atoms with Crippen molar-refractivity contribution in [1.82, 2.24) is 0 Å². The summed E-state index contributed by atoms with van der Waals surface area (Å²) in [6.07, 6.45) is 1.61. The lowest BCUT2D eigenvalue weighted by molar-refractivity contribution is -0.0165. The van der Waals surface area contributed by atoms with Crippen LogP contribution in [0.1, 0.15) is 27.0 Å². The van der Waals surface area contributed by atoms with Crippen LogP contribution >= 0.6 is 11.6 Å². The summed E-state index contributed by atoms with van der Waals surface area (Å²) in [5, 5.41) is 10.2. The number of allylic oxidation sites excluding steroid dienone is 1. The Kier molecular flexibility index (Phi) is 3.48. The van der Waals surface area contributed by atoms with Crippen molar-refractivity contribution in [2.24, 2.45) is 0 Å². The first-order chi connectivity index (χ1) is 11.5. The number of carbonyl (C=O) groups excluding carboxylic acids is 1. The lowest BCUT2D eigenvalue weighted by Gasteiger charge is -2.20. The molecule has 6 heteroatoms. The number of phenols is 1. The van der Waals surface area contributed by atoms with Gasteiger partial charge in [0, 0.05) is 22.2 Å². The number of aromatic hydroxyl groups is 1. The maximum Gasteiger partial charge on any atom is 0.232 e. The third-order valence-corrected chi connectivity index (χ3v) is 4.16. The number of ether oxygens (including phenoxy) is 3. The molecule has 0 saturated heterocycles. The van der Waals surface area contributed by atoms with E-state index in [1.807, 2.05) is 0 Å². The second kappa shape index (κ2) is 5.54. The summed E-state index contributed by atoms with van der Waals surface area (Å²) in [7, 11) is 0. The molecule has 0 saturated carbocycles. The van der Waals surface area contributed by atoms with Crippen LogP contribution in [0.2, 0.25) is 5.02 Å². The van der Waals surface area contributed by atoms with Crippen molar-refractivity contribution in [2.75, 3.05) is 6.79 Å². The summed E-state index contributed by atoms with van der Waals surface area (Å²) in [5.74, 6) is 0.969. The van der Waals surface area contributed by atoms with Gasteiger partial charge in [0.15, 0.2) is 12.6 Å². The zero-order chi connectivity index (χ0) is 16.8. The average Bonchev–Trinajstić information content (AvgIpc) is 2.83. The van der Waals surface area contributed by atoms with Crippen LogP contribution < -0.4 is 9.47 Å². The van der Waals surface area contributed by atoms with Crippen LogP contribution in [-0.2, 0) is 11.3 Å². The molecule has 0 bridgehead atoms. The Labute approximate surface area is 143 Å². The zero-order valence-corrected chi connectivity index (χ0v) is 13.5. The molecule has 0 atom stereocenters. The van der Waals surface area contributed by atoms with Crippen LogP contribution in [0.4, 0.5) is 0 Å². The number of halogens is 1. The van der Waals surface area contributed by atoms with Gasteiger partial charge in [-0.2, -0.15) is 0 Å². The van der Waals surface area contributed by atoms with Gasteiger partial charge < -0.3 is 19.3 Å². The predicted octanol–water partition coefficient (Wildman–Crippen LogP) is 3.84. The molecule has 0 unspecified atom stereocenters. The SMILES string of the molecule is Cc1cc(O)cc2c1C(=O)C(=Cc1cc(Cl)cc3c1OCOC3)O2. The van der Waals surface area contributed by atoms with Crippen molar-refractivity contribution < 1.29 is 24.1 Å². The van der Waals surface area contributed by atoms with Crippen LogP contribution in [-0.4, -0.2) is 17.7 Å². The highest BCUT2D eigenvalue weighted by Crippen LogP contribution is 2.39. The van der Waals surface area contributed by atoms with Gasteiger partial charge in [-0.3, -0.25) is 4.79 Å². The molecule has 2 aromatic carbocycles. The van der Waals surface area contributed by atoms with Crippen LogP contribution in [0.3, 0.4) is 0 Å². The normalized spacial score (nSPS) is 17.2. The number of hydrogen-bond donors (Lipinski definition) is 1. The molecule has 5 nitrogen and oxygen atoms in total. The van der Waals surface area contributed by atoms with Gasteiger partial charge in [-0.05, 0) is 36.8 Å². The first kappa shape index (κ1) is 15.1. The molecule has 2 heterocycles. The standard InChI is InChI=1S/C18H13ClO5/c1-9-2-13(20)6-14-16(9)17(21)15(24-14)5-10-3-12(19)4-11-7-22-8-23-18(10)11/h2-6,20H,7-8H2,1H3. The van der Waals surface area contributed by atoms with Gasteiger partial charge in [0.2, 0.25) is 5.78 Å². The Hall–Kier alpha value is -2.50. The van der Waals surface area contributed by atoms with E-state index in [1.165, 1.54) is 12.1 Å². The minimum absolute atomic E-state index is 0.0564. The largest absolute Gasteiger partial charge is 0.508 e. The van der Waals surface area contributed by atoms with E-state index >= 15 is 0 Å². The first-order valence-electron chi connectivity index (χ1n) is 7.34. The molecule has 0 aliphatic carbocycles. The van der Waals surface area contributed by atoms with Crippen molar-refractivity contribution in [3.63, 3.8) is 0 Å². The minimum Gasteiger partial charge on any atom is -0.508 e. The molecular formula is C18H13ClO5. The van der Waals surface area contributed by atoms with Gasteiger partial charge in [-0.1, -0.05) is 11.6 Å². The van der Waals surface area contributed by atoms with Crippen molar-refractivity contribution in [3.8, 4) is 17.2 Å². The van der Waals surface area contributed by atoms with E-state index in [2.05, 4.69) is 0 Å². The molecule has 24 heavy (non-hydrogen) atoms. The van der Waals surface area contributed by atoms with Crippen LogP contribution in [0.25, 0.3) is 6.08 Å². The smallest absolute Gasteiger partial charge is 0.232 e. The lowest BCUT2D eigenvalue weighted by atomic mass is 10.0. The highest BCUT2D eigenvalue weighted by Gasteiger charge is 2.30. The predicted molar refractivity (Wildman–Crippen MR) is 87.5 cm³/mol. The Morgan fingerprint density at radius 3 is 2.92 bits per heavy atom. The molecule has 0 amide bonds. The highest BCUT2D eigenvalue weighted by atomic mass is 35.5. The number of carbonyl (C=O) groups is 1. The van der Waals surface area contributed by atoms with E-state index in [9.17, 15) is 9.90 Å². The number of benzene rings is 2. The first-order valence-corrected chi connectivity index (χ1v) is 7.71. The molecule has 2 aliphatic rings. The van der Waals surface area contributed by atoms with Crippen molar-refractivity contribution >= 4 is 23.5 Å². The summed E-state index contributed by atoms with van der Waals surface area (Å²) in [4.78, 5) is 12.6. The summed E-state index contributed by atoms with van der Waals surface area (Å²) in [5.41, 5.74) is 2.59. The van der Waals surface area contributed by atoms with Crippen LogP contribution in [0, 0.1) is 6.92 Å². The number of fused-ring (bicyclic) bond motifs is 2. The number of rotatable bonds is 1. The van der Waals surface area contributed by atoms with Gasteiger partial charge in [-0.15, -0.1) is 0 Å². The quantitative estimate of drug-likeness (QED) is 0.796. The molecule has 2 aromatic rings. The van der Waals surface area contributed by atoms with Crippen molar-refractivity contribution in [3.05, 3.63) is 57.3 Å². The number of ketones is 1. The number of Topliss-reactive ketones (excluding diaryl/α,β-unsaturated/α-hetero) is 1. The summed E-state index contributed by atoms with van der Waals surface area (Å²) in [6, 6.07) is 6.44. The number of phenolic OH excluding ortho intramolecular Hbond substituents is 1. The van der Waals surface area contributed by atoms with E-state index in [-0.39, 0.29) is 24.1 Å². The second-order valence-corrected chi connectivity index (χ2v) is 6.11. The zero-order valence-electron chi connectivity index (χ0n) is 12.8. The van der Waals surface area contributed by atoms with Crippen molar-refractivity contribution in [1.29, 1.82) is 0 Å². The Bertz CT molecular complexity index is 901. The molecule has 0 fully saturated rings. The number of hydrogen-bond acceptors (Lipinski definition) is 5. The fourth-order valence-electron chi connectivity index (χ4n) is 2.95. The van der Waals surface area contributed by atoms with E-state index in [4.69, 9.17) is 25.8 Å². The van der Waals surface area contributed by atoms with E-state index < -0.39 is 0 Å². The van der Waals surface area contributed by atoms with Gasteiger partial charge >= 0.3 is 0 Å². The maximum absolute atomic E-state index is 12.6. The Morgan fingerprint density at radius 2 is 2.08 bits per heavy atom. The third-order valence-electron chi connectivity index (χ3n) is 3.94. The molecule has 0 spiro atoms. The maximum atomic E-state index is 12.6. The monoisotopic (exact) mass is 344 g/mol. The molecule has 2 aliphatic heterocycles. The van der Waals surface area contributed by atoms with Gasteiger partial charge in [0.25, 0.3) is 0 Å². The average molecular weight is 345 g/mol. The van der Waals surface area contributed by atoms with Crippen LogP contribution in [0.5, 0.6) is 17.2 Å². The van der Waals surface area contributed by atoms with Gasteiger partial charge in [0.1, 0.15) is 17.2 Å². The summed E-state index contributed by atoms with van der Waals surface area (Å²) < 4.78 is 16.4. The van der Waals surface area contributed by atoms with Crippen molar-refractivity contribution in [2.45, 2.75) is 13.5 Å². The second-order valence-electron chi connectivity index (χ2n) is 5.67.